The molecule has 4 heterocycles. The monoisotopic (exact) mass is 376 g/mol. The number of hydrogen-bond donors (Lipinski definition) is 2. The number of rotatable bonds is 3. The molecule has 0 amide bonds. The zero-order chi connectivity index (χ0) is 14.9. The van der Waals surface area contributed by atoms with E-state index in [-0.39, 0.29) is 42.6 Å². The maximum absolute atomic E-state index is 12.3. The SMILES string of the molecule is Cl.Cl.O=c1[nH]c2ncc(O[C@@H]3CCOC3)cc2n1C1CCNCC1. The Morgan fingerprint density at radius 2 is 2.04 bits per heavy atom. The Labute approximate surface area is 151 Å². The summed E-state index contributed by atoms with van der Waals surface area (Å²) in [5, 5.41) is 3.32. The van der Waals surface area contributed by atoms with Gasteiger partial charge in [0, 0.05) is 18.5 Å². The van der Waals surface area contributed by atoms with Crippen LogP contribution >= 0.6 is 24.8 Å². The summed E-state index contributed by atoms with van der Waals surface area (Å²) in [5.41, 5.74) is 1.36. The smallest absolute Gasteiger partial charge is 0.327 e. The Morgan fingerprint density at radius 3 is 2.75 bits per heavy atom. The molecule has 2 aromatic rings. The average Bonchev–Trinajstić information content (AvgIpc) is 3.15. The number of hydrogen-bond acceptors (Lipinski definition) is 5. The summed E-state index contributed by atoms with van der Waals surface area (Å²) in [4.78, 5) is 19.5. The van der Waals surface area contributed by atoms with Gasteiger partial charge in [-0.1, -0.05) is 0 Å². The topological polar surface area (TPSA) is 81.2 Å². The van der Waals surface area contributed by atoms with E-state index in [2.05, 4.69) is 15.3 Å². The van der Waals surface area contributed by atoms with E-state index >= 15 is 0 Å². The summed E-state index contributed by atoms with van der Waals surface area (Å²) in [6.07, 6.45) is 4.55. The van der Waals surface area contributed by atoms with Gasteiger partial charge in [-0.05, 0) is 25.9 Å². The normalized spacial score (nSPS) is 21.2. The third-order valence-electron chi connectivity index (χ3n) is 4.41. The van der Waals surface area contributed by atoms with Crippen LogP contribution in [0.1, 0.15) is 25.3 Å². The number of imidazole rings is 1. The first-order chi connectivity index (χ1) is 10.8. The molecule has 2 N–H and O–H groups in total. The maximum atomic E-state index is 12.3. The molecule has 2 aromatic heterocycles. The molecule has 2 aliphatic heterocycles. The number of piperidine rings is 1. The van der Waals surface area contributed by atoms with Crippen molar-refractivity contribution in [2.45, 2.75) is 31.4 Å². The average molecular weight is 377 g/mol. The first kappa shape index (κ1) is 19.1. The zero-order valence-corrected chi connectivity index (χ0v) is 14.8. The van der Waals surface area contributed by atoms with Gasteiger partial charge >= 0.3 is 5.69 Å². The standard InChI is InChI=1S/C15H20N4O3.2ClH/c20-15-18-14-13(19(15)10-1-4-16-5-2-10)7-12(8-17-14)22-11-3-6-21-9-11;;/h7-8,10-11,16H,1-6,9H2,(H,17,18,20);2*1H/t11-;;/m1../s1. The van der Waals surface area contributed by atoms with Gasteiger partial charge in [0.1, 0.15) is 11.9 Å². The molecule has 2 saturated heterocycles. The van der Waals surface area contributed by atoms with Crippen LogP contribution in [0.5, 0.6) is 5.75 Å². The molecule has 4 rings (SSSR count). The highest BCUT2D eigenvalue weighted by Crippen LogP contribution is 2.24. The molecule has 0 aromatic carbocycles. The molecule has 2 fully saturated rings. The third-order valence-corrected chi connectivity index (χ3v) is 4.41. The predicted molar refractivity (Wildman–Crippen MR) is 95.8 cm³/mol. The summed E-state index contributed by atoms with van der Waals surface area (Å²) < 4.78 is 13.1. The second-order valence-corrected chi connectivity index (χ2v) is 5.92. The Balaban J connectivity index is 0.00000104. The zero-order valence-electron chi connectivity index (χ0n) is 13.2. The van der Waals surface area contributed by atoms with Gasteiger partial charge in [0.05, 0.1) is 24.9 Å². The van der Waals surface area contributed by atoms with E-state index in [1.54, 1.807) is 6.20 Å². The minimum absolute atomic E-state index is 0. The van der Waals surface area contributed by atoms with E-state index in [1.165, 1.54) is 0 Å². The molecule has 0 aliphatic carbocycles. The molecular weight excluding hydrogens is 355 g/mol. The maximum Gasteiger partial charge on any atom is 0.327 e. The van der Waals surface area contributed by atoms with E-state index in [1.807, 2.05) is 10.6 Å². The molecule has 1 atom stereocenters. The molecule has 0 saturated carbocycles. The van der Waals surface area contributed by atoms with Crippen LogP contribution in [0.25, 0.3) is 11.2 Å². The number of halogens is 2. The first-order valence-corrected chi connectivity index (χ1v) is 7.86. The van der Waals surface area contributed by atoms with Crippen LogP contribution in [0.15, 0.2) is 17.1 Å². The molecular formula is C15H22Cl2N4O3. The lowest BCUT2D eigenvalue weighted by Crippen LogP contribution is -2.33. The molecule has 7 nitrogen and oxygen atoms in total. The minimum atomic E-state index is -0.0873. The van der Waals surface area contributed by atoms with E-state index in [0.29, 0.717) is 18.0 Å². The fraction of sp³-hybridized carbons (Fsp3) is 0.600. The number of ether oxygens (including phenoxy) is 2. The highest BCUT2D eigenvalue weighted by atomic mass is 35.5. The van der Waals surface area contributed by atoms with Gasteiger partial charge < -0.3 is 14.8 Å². The molecule has 0 radical (unpaired) electrons. The lowest BCUT2D eigenvalue weighted by molar-refractivity contribution is 0.141. The summed E-state index contributed by atoms with van der Waals surface area (Å²) in [7, 11) is 0. The van der Waals surface area contributed by atoms with Gasteiger partial charge in [0.15, 0.2) is 5.65 Å². The van der Waals surface area contributed by atoms with Crippen molar-refractivity contribution in [1.82, 2.24) is 19.9 Å². The predicted octanol–water partition coefficient (Wildman–Crippen LogP) is 1.66. The van der Waals surface area contributed by atoms with Crippen molar-refractivity contribution >= 4 is 36.0 Å². The number of aromatic amines is 1. The van der Waals surface area contributed by atoms with E-state index < -0.39 is 0 Å². The number of H-pyrrole nitrogens is 1. The van der Waals surface area contributed by atoms with Crippen LogP contribution in [0.4, 0.5) is 0 Å². The minimum Gasteiger partial charge on any atom is -0.486 e. The Bertz CT molecular complexity index is 721. The fourth-order valence-electron chi connectivity index (χ4n) is 3.28. The van der Waals surface area contributed by atoms with Crippen LogP contribution in [0.2, 0.25) is 0 Å². The number of aromatic nitrogens is 3. The fourth-order valence-corrected chi connectivity index (χ4v) is 3.28. The molecule has 9 heteroatoms. The quantitative estimate of drug-likeness (QED) is 0.851. The summed E-state index contributed by atoms with van der Waals surface area (Å²) in [6, 6.07) is 2.13. The summed E-state index contributed by atoms with van der Waals surface area (Å²) >= 11 is 0. The molecule has 0 unspecified atom stereocenters. The van der Waals surface area contributed by atoms with Crippen LogP contribution in [0.3, 0.4) is 0 Å². The van der Waals surface area contributed by atoms with E-state index in [9.17, 15) is 4.79 Å². The van der Waals surface area contributed by atoms with E-state index in [0.717, 1.165) is 44.5 Å². The Morgan fingerprint density at radius 1 is 1.25 bits per heavy atom. The van der Waals surface area contributed by atoms with Crippen LogP contribution < -0.4 is 15.7 Å². The number of pyridine rings is 1. The van der Waals surface area contributed by atoms with Crippen molar-refractivity contribution in [1.29, 1.82) is 0 Å². The van der Waals surface area contributed by atoms with Gasteiger partial charge in [-0.2, -0.15) is 0 Å². The summed E-state index contributed by atoms with van der Waals surface area (Å²) in [6.45, 7) is 3.23. The number of fused-ring (bicyclic) bond motifs is 1. The largest absolute Gasteiger partial charge is 0.486 e. The number of nitrogens with one attached hydrogen (secondary N) is 2. The van der Waals surface area contributed by atoms with Gasteiger partial charge in [0.25, 0.3) is 0 Å². The second kappa shape index (κ2) is 8.20. The van der Waals surface area contributed by atoms with Gasteiger partial charge in [-0.25, -0.2) is 9.78 Å². The lowest BCUT2D eigenvalue weighted by atomic mass is 10.1. The van der Waals surface area contributed by atoms with Crippen LogP contribution in [-0.2, 0) is 4.74 Å². The van der Waals surface area contributed by atoms with Crippen molar-refractivity contribution in [3.8, 4) is 5.75 Å². The number of nitrogens with zero attached hydrogens (tertiary/aromatic N) is 2. The van der Waals surface area contributed by atoms with E-state index in [4.69, 9.17) is 9.47 Å². The Kier molecular flexibility index (Phi) is 6.51. The van der Waals surface area contributed by atoms with Crippen molar-refractivity contribution in [2.75, 3.05) is 26.3 Å². The van der Waals surface area contributed by atoms with Crippen LogP contribution in [-0.4, -0.2) is 46.9 Å². The molecule has 24 heavy (non-hydrogen) atoms. The molecule has 0 spiro atoms. The second-order valence-electron chi connectivity index (χ2n) is 5.92. The van der Waals surface area contributed by atoms with Crippen molar-refractivity contribution < 1.29 is 9.47 Å². The van der Waals surface area contributed by atoms with Crippen molar-refractivity contribution in [2.24, 2.45) is 0 Å². The molecule has 0 bridgehead atoms. The highest BCUT2D eigenvalue weighted by molar-refractivity contribution is 5.85. The summed E-state index contributed by atoms with van der Waals surface area (Å²) in [5.74, 6) is 0.699. The third kappa shape index (κ3) is 3.69. The van der Waals surface area contributed by atoms with Gasteiger partial charge in [-0.3, -0.25) is 9.55 Å². The van der Waals surface area contributed by atoms with Crippen molar-refractivity contribution in [3.05, 3.63) is 22.7 Å². The highest BCUT2D eigenvalue weighted by Gasteiger charge is 2.22. The lowest BCUT2D eigenvalue weighted by Gasteiger charge is -2.23. The van der Waals surface area contributed by atoms with Gasteiger partial charge in [-0.15, -0.1) is 24.8 Å². The molecule has 2 aliphatic rings. The van der Waals surface area contributed by atoms with Crippen molar-refractivity contribution in [3.63, 3.8) is 0 Å². The van der Waals surface area contributed by atoms with Gasteiger partial charge in [0.2, 0.25) is 0 Å². The van der Waals surface area contributed by atoms with Crippen LogP contribution in [0, 0.1) is 0 Å². The Hall–Kier alpha value is -1.28. The first-order valence-electron chi connectivity index (χ1n) is 7.86. The molecule has 134 valence electrons.